The van der Waals surface area contributed by atoms with Crippen molar-refractivity contribution < 1.29 is 28.6 Å². The maximum absolute atomic E-state index is 11.8. The molecule has 3 N–H and O–H groups in total. The summed E-state index contributed by atoms with van der Waals surface area (Å²) >= 11 is 0. The Morgan fingerprint density at radius 3 is 2.70 bits per heavy atom. The van der Waals surface area contributed by atoms with Gasteiger partial charge in [0.2, 0.25) is 0 Å². The Kier molecular flexibility index (Phi) is 5.56. The Morgan fingerprint density at radius 2 is 2.13 bits per heavy atom. The van der Waals surface area contributed by atoms with E-state index < -0.39 is 43.4 Å². The Balaban J connectivity index is 2.20. The van der Waals surface area contributed by atoms with E-state index in [4.69, 9.17) is 9.47 Å². The van der Waals surface area contributed by atoms with Crippen molar-refractivity contribution in [2.75, 3.05) is 20.4 Å². The fourth-order valence-electron chi connectivity index (χ4n) is 2.48. The molecule has 0 aromatic carbocycles. The number of ether oxygens (including phenoxy) is 2. The van der Waals surface area contributed by atoms with Gasteiger partial charge in [-0.1, -0.05) is 0 Å². The van der Waals surface area contributed by atoms with Gasteiger partial charge in [-0.15, -0.1) is 0 Å². The van der Waals surface area contributed by atoms with E-state index in [-0.39, 0.29) is 12.6 Å². The van der Waals surface area contributed by atoms with Crippen molar-refractivity contribution in [3.63, 3.8) is 0 Å². The zero-order chi connectivity index (χ0) is 17.2. The number of hydrogen-bond donors (Lipinski definition) is 3. The molecule has 0 radical (unpaired) electrons. The lowest BCUT2D eigenvalue weighted by Crippen LogP contribution is -2.38. The standard InChI is InChI=1S/C12H19N2O8P/c1-20-10-7(4-6-23(18,19)21-2)22-11(9(10)16)14-5-3-8(15)13-12(14)17/h3,5,7,9-11,16H,4,6H2,1-2H3,(H,18,19)(H,13,15,17)/t7-,9+,10?,11-/m1/s1. The van der Waals surface area contributed by atoms with Crippen LogP contribution in [0.3, 0.4) is 0 Å². The lowest BCUT2D eigenvalue weighted by atomic mass is 10.1. The van der Waals surface area contributed by atoms with Crippen LogP contribution in [-0.2, 0) is 18.6 Å². The molecule has 1 aromatic rings. The van der Waals surface area contributed by atoms with Crippen molar-refractivity contribution in [3.05, 3.63) is 33.1 Å². The molecule has 10 nitrogen and oxygen atoms in total. The normalized spacial score (nSPS) is 30.3. The number of methoxy groups -OCH3 is 1. The molecule has 1 aliphatic heterocycles. The maximum Gasteiger partial charge on any atom is 0.330 e. The fourth-order valence-corrected chi connectivity index (χ4v) is 3.25. The third-order valence-corrected chi connectivity index (χ3v) is 5.08. The summed E-state index contributed by atoms with van der Waals surface area (Å²) in [5.74, 6) is 0. The van der Waals surface area contributed by atoms with Gasteiger partial charge in [0.25, 0.3) is 5.56 Å². The molecular weight excluding hydrogens is 331 g/mol. The first-order chi connectivity index (χ1) is 10.8. The number of H-pyrrole nitrogens is 1. The van der Waals surface area contributed by atoms with E-state index in [1.807, 2.05) is 0 Å². The van der Waals surface area contributed by atoms with Gasteiger partial charge in [0.15, 0.2) is 6.23 Å². The molecule has 0 bridgehead atoms. The van der Waals surface area contributed by atoms with Crippen LogP contribution < -0.4 is 11.2 Å². The molecule has 5 atom stereocenters. The molecule has 2 heterocycles. The number of hydrogen-bond acceptors (Lipinski definition) is 7. The van der Waals surface area contributed by atoms with Crippen molar-refractivity contribution in [2.24, 2.45) is 0 Å². The molecule has 2 unspecified atom stereocenters. The maximum atomic E-state index is 11.8. The first-order valence-electron chi connectivity index (χ1n) is 6.84. The van der Waals surface area contributed by atoms with E-state index >= 15 is 0 Å². The average molecular weight is 350 g/mol. The zero-order valence-electron chi connectivity index (χ0n) is 12.6. The van der Waals surface area contributed by atoms with Crippen LogP contribution in [0.25, 0.3) is 0 Å². The summed E-state index contributed by atoms with van der Waals surface area (Å²) in [5, 5.41) is 10.3. The molecule has 0 amide bonds. The number of nitrogens with one attached hydrogen (secondary N) is 1. The highest BCUT2D eigenvalue weighted by molar-refractivity contribution is 7.52. The van der Waals surface area contributed by atoms with Gasteiger partial charge in [-0.05, 0) is 6.42 Å². The highest BCUT2D eigenvalue weighted by Gasteiger charge is 2.45. The molecule has 1 fully saturated rings. The summed E-state index contributed by atoms with van der Waals surface area (Å²) in [6.45, 7) is 0. The van der Waals surface area contributed by atoms with E-state index in [9.17, 15) is 24.2 Å². The molecule has 0 spiro atoms. The Hall–Kier alpha value is -1.29. The van der Waals surface area contributed by atoms with Crippen LogP contribution >= 0.6 is 7.60 Å². The van der Waals surface area contributed by atoms with Crippen LogP contribution in [0, 0.1) is 0 Å². The predicted octanol–water partition coefficient (Wildman–Crippen LogP) is -0.968. The zero-order valence-corrected chi connectivity index (χ0v) is 13.5. The van der Waals surface area contributed by atoms with E-state index in [0.29, 0.717) is 0 Å². The van der Waals surface area contributed by atoms with E-state index in [2.05, 4.69) is 9.51 Å². The minimum absolute atomic E-state index is 0.0891. The Morgan fingerprint density at radius 1 is 1.43 bits per heavy atom. The van der Waals surface area contributed by atoms with Gasteiger partial charge < -0.3 is 24.0 Å². The quantitative estimate of drug-likeness (QED) is 0.557. The third kappa shape index (κ3) is 3.97. The SMILES string of the molecule is COC1[C@@H](CCP(=O)(O)OC)O[C@@H](n2ccc(=O)[nH]c2=O)[C@H]1O. The van der Waals surface area contributed by atoms with Crippen molar-refractivity contribution in [2.45, 2.75) is 31.0 Å². The number of aliphatic hydroxyl groups is 1. The molecular formula is C12H19N2O8P. The van der Waals surface area contributed by atoms with Crippen LogP contribution in [0.2, 0.25) is 0 Å². The van der Waals surface area contributed by atoms with E-state index in [0.717, 1.165) is 17.7 Å². The van der Waals surface area contributed by atoms with Gasteiger partial charge in [0.1, 0.15) is 12.2 Å². The monoisotopic (exact) mass is 350 g/mol. The van der Waals surface area contributed by atoms with Gasteiger partial charge in [-0.2, -0.15) is 0 Å². The van der Waals surface area contributed by atoms with E-state index in [1.165, 1.54) is 13.3 Å². The first kappa shape index (κ1) is 18.1. The highest BCUT2D eigenvalue weighted by atomic mass is 31.2. The average Bonchev–Trinajstić information content (AvgIpc) is 2.81. The van der Waals surface area contributed by atoms with Crippen LogP contribution in [0.4, 0.5) is 0 Å². The first-order valence-corrected chi connectivity index (χ1v) is 8.60. The number of aromatic nitrogens is 2. The smallest absolute Gasteiger partial charge is 0.330 e. The topological polar surface area (TPSA) is 140 Å². The van der Waals surface area contributed by atoms with Crippen LogP contribution in [0.5, 0.6) is 0 Å². The van der Waals surface area contributed by atoms with Crippen LogP contribution in [0.1, 0.15) is 12.6 Å². The second kappa shape index (κ2) is 7.08. The molecule has 11 heteroatoms. The summed E-state index contributed by atoms with van der Waals surface area (Å²) in [6, 6.07) is 1.12. The Bertz CT molecular complexity index is 701. The molecule has 1 aromatic heterocycles. The van der Waals surface area contributed by atoms with Crippen LogP contribution in [-0.4, -0.2) is 58.2 Å². The summed E-state index contributed by atoms with van der Waals surface area (Å²) in [7, 11) is -1.24. The second-order valence-corrected chi connectivity index (χ2v) is 7.19. The molecule has 1 aliphatic rings. The summed E-state index contributed by atoms with van der Waals surface area (Å²) in [5.41, 5.74) is -1.30. The largest absolute Gasteiger partial charge is 0.386 e. The second-order valence-electron chi connectivity index (χ2n) is 5.11. The third-order valence-electron chi connectivity index (χ3n) is 3.69. The van der Waals surface area contributed by atoms with Crippen LogP contribution in [0.15, 0.2) is 21.9 Å². The molecule has 130 valence electrons. The summed E-state index contributed by atoms with van der Waals surface area (Å²) < 4.78 is 27.8. The molecule has 2 rings (SSSR count). The minimum Gasteiger partial charge on any atom is -0.386 e. The van der Waals surface area contributed by atoms with Crippen molar-refractivity contribution in [1.82, 2.24) is 9.55 Å². The van der Waals surface area contributed by atoms with Crippen molar-refractivity contribution in [1.29, 1.82) is 0 Å². The predicted molar refractivity (Wildman–Crippen MR) is 78.4 cm³/mol. The number of aliphatic hydroxyl groups excluding tert-OH is 1. The van der Waals surface area contributed by atoms with Crippen molar-refractivity contribution in [3.8, 4) is 0 Å². The highest BCUT2D eigenvalue weighted by Crippen LogP contribution is 2.43. The van der Waals surface area contributed by atoms with Crippen molar-refractivity contribution >= 4 is 7.60 Å². The summed E-state index contributed by atoms with van der Waals surface area (Å²) in [4.78, 5) is 34.4. The lowest BCUT2D eigenvalue weighted by molar-refractivity contribution is -0.0405. The minimum atomic E-state index is -3.72. The number of rotatable bonds is 6. The molecule has 0 saturated carbocycles. The van der Waals surface area contributed by atoms with Gasteiger partial charge in [-0.3, -0.25) is 18.9 Å². The molecule has 23 heavy (non-hydrogen) atoms. The van der Waals surface area contributed by atoms with Gasteiger partial charge in [0.05, 0.1) is 12.3 Å². The fraction of sp³-hybridized carbons (Fsp3) is 0.667. The number of aromatic amines is 1. The van der Waals surface area contributed by atoms with E-state index in [1.54, 1.807) is 0 Å². The van der Waals surface area contributed by atoms with Gasteiger partial charge in [0, 0.05) is 26.5 Å². The molecule has 0 aliphatic carbocycles. The lowest BCUT2D eigenvalue weighted by Gasteiger charge is -2.19. The number of nitrogens with zero attached hydrogens (tertiary/aromatic N) is 1. The van der Waals surface area contributed by atoms with Gasteiger partial charge in [-0.25, -0.2) is 4.79 Å². The summed E-state index contributed by atoms with van der Waals surface area (Å²) in [6.07, 6.45) is -2.66. The molecule has 1 saturated heterocycles. The van der Waals surface area contributed by atoms with Gasteiger partial charge >= 0.3 is 13.3 Å². The Labute approximate surface area is 131 Å².